The molecule has 1 fully saturated rings. The Morgan fingerprint density at radius 2 is 2.00 bits per heavy atom. The zero-order chi connectivity index (χ0) is 18.3. The number of terminal acetylenes is 1. The fourth-order valence-corrected chi connectivity index (χ4v) is 3.23. The van der Waals surface area contributed by atoms with Gasteiger partial charge in [-0.15, -0.1) is 19.1 Å². The van der Waals surface area contributed by atoms with Gasteiger partial charge in [-0.05, 0) is 31.4 Å². The Morgan fingerprint density at radius 1 is 1.36 bits per heavy atom. The van der Waals surface area contributed by atoms with Crippen molar-refractivity contribution in [3.8, 4) is 12.3 Å². The number of carbonyl (C=O) groups excluding carboxylic acids is 1. The minimum absolute atomic E-state index is 0.193. The smallest absolute Gasteiger partial charge is 0.262 e. The van der Waals surface area contributed by atoms with Crippen molar-refractivity contribution < 1.29 is 9.53 Å². The molecule has 132 valence electrons. The van der Waals surface area contributed by atoms with E-state index < -0.39 is 5.54 Å². The van der Waals surface area contributed by atoms with Crippen LogP contribution >= 0.6 is 12.6 Å². The third-order valence-electron chi connectivity index (χ3n) is 4.54. The molecule has 1 unspecified atom stereocenters. The number of hydrogen-bond acceptors (Lipinski definition) is 3. The number of nitrogens with one attached hydrogen (secondary N) is 1. The minimum Gasteiger partial charge on any atom is -0.485 e. The number of rotatable bonds is 6. The second kappa shape index (κ2) is 8.82. The molecule has 1 aromatic rings. The van der Waals surface area contributed by atoms with Crippen molar-refractivity contribution in [3.05, 3.63) is 59.2 Å². The zero-order valence-corrected chi connectivity index (χ0v) is 15.5. The van der Waals surface area contributed by atoms with Crippen molar-refractivity contribution in [2.75, 3.05) is 0 Å². The number of carbonyl (C=O) groups is 1. The lowest BCUT2D eigenvalue weighted by atomic mass is 9.82. The van der Waals surface area contributed by atoms with Gasteiger partial charge in [0, 0.05) is 0 Å². The number of benzene rings is 1. The molecule has 0 bridgehead atoms. The van der Waals surface area contributed by atoms with E-state index in [0.29, 0.717) is 5.76 Å². The first-order valence-corrected chi connectivity index (χ1v) is 9.03. The van der Waals surface area contributed by atoms with Gasteiger partial charge < -0.3 is 10.1 Å². The van der Waals surface area contributed by atoms with Gasteiger partial charge in [0.05, 0.1) is 0 Å². The fraction of sp³-hybridized carbons (Fsp3) is 0.381. The number of hydrogen-bond donors (Lipinski definition) is 2. The predicted molar refractivity (Wildman–Crippen MR) is 105 cm³/mol. The van der Waals surface area contributed by atoms with E-state index in [4.69, 9.17) is 11.2 Å². The summed E-state index contributed by atoms with van der Waals surface area (Å²) in [7, 11) is 0. The Kier molecular flexibility index (Phi) is 6.78. The molecular weight excluding hydrogens is 330 g/mol. The lowest BCUT2D eigenvalue weighted by molar-refractivity contribution is -0.118. The van der Waals surface area contributed by atoms with E-state index in [0.717, 1.165) is 37.7 Å². The highest BCUT2D eigenvalue weighted by molar-refractivity contribution is 7.85. The molecule has 0 radical (unpaired) electrons. The molecule has 1 saturated carbocycles. The normalized spacial score (nSPS) is 18.3. The Hall–Kier alpha value is -2.12. The number of amides is 1. The highest BCUT2D eigenvalue weighted by atomic mass is 32.1. The summed E-state index contributed by atoms with van der Waals surface area (Å²) in [6.45, 7) is 5.66. The summed E-state index contributed by atoms with van der Waals surface area (Å²) >= 11 is 4.37. The van der Waals surface area contributed by atoms with Gasteiger partial charge in [0.15, 0.2) is 0 Å². The van der Waals surface area contributed by atoms with E-state index >= 15 is 0 Å². The van der Waals surface area contributed by atoms with Crippen LogP contribution in [0.2, 0.25) is 0 Å². The van der Waals surface area contributed by atoms with Gasteiger partial charge in [0.2, 0.25) is 0 Å². The molecular formula is C21H25NO2S. The van der Waals surface area contributed by atoms with E-state index in [1.54, 1.807) is 0 Å². The molecule has 0 aliphatic heterocycles. The highest BCUT2D eigenvalue weighted by Gasteiger charge is 2.32. The van der Waals surface area contributed by atoms with Crippen LogP contribution in [0.5, 0.6) is 0 Å². The van der Waals surface area contributed by atoms with Crippen LogP contribution in [0.25, 0.3) is 0 Å². The van der Waals surface area contributed by atoms with Crippen LogP contribution in [0.15, 0.2) is 53.7 Å². The van der Waals surface area contributed by atoms with Crippen LogP contribution in [-0.2, 0) is 9.53 Å². The van der Waals surface area contributed by atoms with Gasteiger partial charge in [-0.1, -0.05) is 62.1 Å². The summed E-state index contributed by atoms with van der Waals surface area (Å²) in [5.74, 6) is 2.80. The lowest BCUT2D eigenvalue weighted by Crippen LogP contribution is -2.48. The molecule has 4 heteroatoms. The zero-order valence-electron chi connectivity index (χ0n) is 14.6. The summed E-state index contributed by atoms with van der Waals surface area (Å²) in [6.07, 6.45) is 11.8. The van der Waals surface area contributed by atoms with Gasteiger partial charge in [-0.3, -0.25) is 4.79 Å². The molecule has 0 spiro atoms. The van der Waals surface area contributed by atoms with E-state index in [1.165, 1.54) is 6.08 Å². The standard InChI is InChI=1S/C21H25NO2S/c1-4-18(24-16(3)17-12-8-6-9-13-17)19(25)20(23)22-21(5-2)14-10-7-11-15-21/h2,4,6,8-9,12-13,16,25H,1,7,10-11,14-15H2,3H3,(H,22,23)/b19-18+. The topological polar surface area (TPSA) is 38.3 Å². The molecule has 25 heavy (non-hydrogen) atoms. The number of thiol groups is 1. The molecule has 0 heterocycles. The Labute approximate surface area is 155 Å². The van der Waals surface area contributed by atoms with Crippen LogP contribution in [0.4, 0.5) is 0 Å². The molecule has 1 aliphatic rings. The van der Waals surface area contributed by atoms with Gasteiger partial charge in [-0.25, -0.2) is 0 Å². The number of allylic oxidation sites excluding steroid dienone is 1. The predicted octanol–water partition coefficient (Wildman–Crippen LogP) is 4.54. The summed E-state index contributed by atoms with van der Waals surface area (Å²) in [6, 6.07) is 9.78. The monoisotopic (exact) mass is 355 g/mol. The SMILES string of the molecule is C#CC1(NC(=O)/C(S)=C(/C=C)OC(C)c2ccccc2)CCCCC1. The van der Waals surface area contributed by atoms with Crippen molar-refractivity contribution >= 4 is 18.5 Å². The van der Waals surface area contributed by atoms with Crippen LogP contribution in [0, 0.1) is 12.3 Å². The van der Waals surface area contributed by atoms with Gasteiger partial charge in [0.1, 0.15) is 22.3 Å². The molecule has 1 aliphatic carbocycles. The van der Waals surface area contributed by atoms with Crippen molar-refractivity contribution in [1.29, 1.82) is 0 Å². The maximum absolute atomic E-state index is 12.6. The molecule has 0 saturated heterocycles. The highest BCUT2D eigenvalue weighted by Crippen LogP contribution is 2.29. The Balaban J connectivity index is 2.13. The minimum atomic E-state index is -0.583. The van der Waals surface area contributed by atoms with Gasteiger partial charge >= 0.3 is 0 Å². The number of ether oxygens (including phenoxy) is 1. The largest absolute Gasteiger partial charge is 0.485 e. The van der Waals surface area contributed by atoms with Crippen LogP contribution in [0.1, 0.15) is 50.7 Å². The molecule has 1 N–H and O–H groups in total. The maximum Gasteiger partial charge on any atom is 0.262 e. The van der Waals surface area contributed by atoms with E-state index in [2.05, 4.69) is 30.4 Å². The first-order valence-electron chi connectivity index (χ1n) is 8.59. The average molecular weight is 356 g/mol. The van der Waals surface area contributed by atoms with Crippen LogP contribution < -0.4 is 5.32 Å². The van der Waals surface area contributed by atoms with E-state index in [1.807, 2.05) is 37.3 Å². The first-order chi connectivity index (χ1) is 12.0. The molecule has 3 nitrogen and oxygen atoms in total. The van der Waals surface area contributed by atoms with Crippen molar-refractivity contribution in [3.63, 3.8) is 0 Å². The summed E-state index contributed by atoms with van der Waals surface area (Å²) in [5.41, 5.74) is 0.427. The molecule has 1 atom stereocenters. The summed E-state index contributed by atoms with van der Waals surface area (Å²) in [5, 5.41) is 2.97. The van der Waals surface area contributed by atoms with Crippen LogP contribution in [0.3, 0.4) is 0 Å². The first kappa shape index (κ1) is 19.2. The molecule has 1 aromatic carbocycles. The molecule has 2 rings (SSSR count). The third-order valence-corrected chi connectivity index (χ3v) is 4.97. The average Bonchev–Trinajstić information content (AvgIpc) is 2.66. The second-order valence-corrected chi connectivity index (χ2v) is 6.78. The van der Waals surface area contributed by atoms with E-state index in [9.17, 15) is 4.79 Å². The molecule has 1 amide bonds. The van der Waals surface area contributed by atoms with Crippen LogP contribution in [-0.4, -0.2) is 11.4 Å². The van der Waals surface area contributed by atoms with Crippen molar-refractivity contribution in [2.45, 2.75) is 50.7 Å². The summed E-state index contributed by atoms with van der Waals surface area (Å²) < 4.78 is 5.90. The summed E-state index contributed by atoms with van der Waals surface area (Å²) in [4.78, 5) is 12.8. The van der Waals surface area contributed by atoms with Gasteiger partial charge in [-0.2, -0.15) is 0 Å². The molecule has 0 aromatic heterocycles. The lowest BCUT2D eigenvalue weighted by Gasteiger charge is -2.33. The van der Waals surface area contributed by atoms with Crippen molar-refractivity contribution in [1.82, 2.24) is 5.32 Å². The third kappa shape index (κ3) is 4.93. The second-order valence-electron chi connectivity index (χ2n) is 6.33. The van der Waals surface area contributed by atoms with E-state index in [-0.39, 0.29) is 16.9 Å². The van der Waals surface area contributed by atoms with Gasteiger partial charge in [0.25, 0.3) is 5.91 Å². The van der Waals surface area contributed by atoms with Crippen molar-refractivity contribution in [2.24, 2.45) is 0 Å². The Bertz CT molecular complexity index is 682. The quantitative estimate of drug-likeness (QED) is 0.258. The maximum atomic E-state index is 12.6. The fourth-order valence-electron chi connectivity index (χ4n) is 3.03. The Morgan fingerprint density at radius 3 is 2.56 bits per heavy atom.